The second kappa shape index (κ2) is 5.16. The lowest BCUT2D eigenvalue weighted by Gasteiger charge is -2.00. The van der Waals surface area contributed by atoms with Crippen molar-refractivity contribution in [3.8, 4) is 0 Å². The zero-order valence-corrected chi connectivity index (χ0v) is 12.7. The second-order valence-electron chi connectivity index (χ2n) is 4.16. The maximum absolute atomic E-state index is 11.5. The molecule has 0 aliphatic carbocycles. The molecule has 0 aromatic carbocycles. The van der Waals surface area contributed by atoms with Crippen molar-refractivity contribution < 1.29 is 4.21 Å². The molecule has 0 radical (unpaired) electrons. The molecule has 20 heavy (non-hydrogen) atoms. The highest BCUT2D eigenvalue weighted by molar-refractivity contribution is 7.84. The average Bonchev–Trinajstić information content (AvgIpc) is 2.95. The first kappa shape index (κ1) is 13.5. The van der Waals surface area contributed by atoms with Crippen molar-refractivity contribution in [3.63, 3.8) is 0 Å². The molecule has 0 bridgehead atoms. The summed E-state index contributed by atoms with van der Waals surface area (Å²) in [6.45, 7) is 0.414. The lowest BCUT2D eigenvalue weighted by atomic mass is 10.5. The van der Waals surface area contributed by atoms with E-state index in [2.05, 4.69) is 15.2 Å². The molecule has 1 unspecified atom stereocenters. The van der Waals surface area contributed by atoms with Crippen LogP contribution in [-0.4, -0.2) is 34.6 Å². The number of rotatable bonds is 3. The Morgan fingerprint density at radius 1 is 1.35 bits per heavy atom. The van der Waals surface area contributed by atoms with E-state index in [1.807, 2.05) is 6.20 Å². The first-order chi connectivity index (χ1) is 9.54. The zero-order valence-electron chi connectivity index (χ0n) is 10.3. The van der Waals surface area contributed by atoms with Crippen molar-refractivity contribution in [1.29, 1.82) is 0 Å². The summed E-state index contributed by atoms with van der Waals surface area (Å²) in [5.41, 5.74) is 1.37. The molecule has 0 saturated heterocycles. The first-order valence-electron chi connectivity index (χ1n) is 5.58. The number of imidazole rings is 1. The predicted molar refractivity (Wildman–Crippen MR) is 76.7 cm³/mol. The number of pyridine rings is 1. The van der Waals surface area contributed by atoms with Gasteiger partial charge in [-0.25, -0.2) is 4.98 Å². The van der Waals surface area contributed by atoms with Gasteiger partial charge in [0, 0.05) is 18.6 Å². The van der Waals surface area contributed by atoms with Crippen LogP contribution in [0.4, 0.5) is 0 Å². The Morgan fingerprint density at radius 3 is 2.90 bits per heavy atom. The van der Waals surface area contributed by atoms with E-state index in [1.54, 1.807) is 27.5 Å². The van der Waals surface area contributed by atoms with Crippen LogP contribution in [0.25, 0.3) is 5.65 Å². The maximum Gasteiger partial charge on any atom is 0.221 e. The van der Waals surface area contributed by atoms with Gasteiger partial charge in [0.25, 0.3) is 0 Å². The molecule has 1 atom stereocenters. The van der Waals surface area contributed by atoms with Gasteiger partial charge in [-0.2, -0.15) is 0 Å². The van der Waals surface area contributed by atoms with E-state index >= 15 is 0 Å². The van der Waals surface area contributed by atoms with Gasteiger partial charge in [0.2, 0.25) is 5.16 Å². The van der Waals surface area contributed by atoms with Gasteiger partial charge in [-0.3, -0.25) is 4.21 Å². The zero-order chi connectivity index (χ0) is 14.3. The van der Waals surface area contributed by atoms with Crippen molar-refractivity contribution in [2.75, 3.05) is 6.26 Å². The fraction of sp³-hybridized carbons (Fsp3) is 0.182. The van der Waals surface area contributed by atoms with Gasteiger partial charge in [0.15, 0.2) is 5.65 Å². The number of halogens is 2. The second-order valence-corrected chi connectivity index (χ2v) is 6.28. The molecule has 0 aliphatic rings. The Kier molecular flexibility index (Phi) is 3.49. The van der Waals surface area contributed by atoms with Crippen LogP contribution in [0.1, 0.15) is 5.69 Å². The van der Waals surface area contributed by atoms with Gasteiger partial charge < -0.3 is 8.97 Å². The summed E-state index contributed by atoms with van der Waals surface area (Å²) in [7, 11) is -1.20. The van der Waals surface area contributed by atoms with E-state index < -0.39 is 10.8 Å². The van der Waals surface area contributed by atoms with Gasteiger partial charge in [-0.1, -0.05) is 23.2 Å². The minimum atomic E-state index is -1.20. The van der Waals surface area contributed by atoms with Crippen molar-refractivity contribution in [2.24, 2.45) is 0 Å². The third kappa shape index (κ3) is 2.44. The van der Waals surface area contributed by atoms with E-state index in [9.17, 15) is 4.21 Å². The highest BCUT2D eigenvalue weighted by Gasteiger charge is 2.11. The maximum atomic E-state index is 11.5. The molecule has 3 aromatic heterocycles. The van der Waals surface area contributed by atoms with E-state index in [0.29, 0.717) is 27.4 Å². The van der Waals surface area contributed by atoms with Crippen LogP contribution in [0, 0.1) is 0 Å². The molecule has 3 aromatic rings. The number of fused-ring (bicyclic) bond motifs is 1. The molecule has 0 fully saturated rings. The lowest BCUT2D eigenvalue weighted by Crippen LogP contribution is -2.05. The summed E-state index contributed by atoms with van der Waals surface area (Å²) in [6, 6.07) is 1.64. The van der Waals surface area contributed by atoms with Crippen molar-refractivity contribution in [2.45, 2.75) is 11.7 Å². The molecule has 9 heteroatoms. The van der Waals surface area contributed by atoms with Gasteiger partial charge in [0.05, 0.1) is 33.1 Å². The normalized spacial score (nSPS) is 12.9. The third-order valence-corrected chi connectivity index (χ3v) is 4.01. The van der Waals surface area contributed by atoms with Crippen molar-refractivity contribution >= 4 is 39.6 Å². The number of aromatic nitrogens is 5. The molecule has 0 amide bonds. The summed E-state index contributed by atoms with van der Waals surface area (Å²) < 4.78 is 15.0. The van der Waals surface area contributed by atoms with Gasteiger partial charge in [-0.15, -0.1) is 10.2 Å². The molecule has 3 rings (SSSR count). The van der Waals surface area contributed by atoms with Crippen LogP contribution in [0.5, 0.6) is 0 Å². The number of nitrogens with zero attached hydrogens (tertiary/aromatic N) is 5. The highest BCUT2D eigenvalue weighted by atomic mass is 35.5. The van der Waals surface area contributed by atoms with E-state index in [-0.39, 0.29) is 0 Å². The number of hydrogen-bond donors (Lipinski definition) is 0. The minimum absolute atomic E-state index is 0.409. The standard InChI is InChI=1S/C11H9Cl2N5OS/c1-20(19)11-16-14-6-18(11)5-8-4-17-3-7(12)2-9(13)10(17)15-8/h2-4,6H,5H2,1H3. The molecule has 0 spiro atoms. The summed E-state index contributed by atoms with van der Waals surface area (Å²) in [5.74, 6) is 0. The summed E-state index contributed by atoms with van der Waals surface area (Å²) in [5, 5.41) is 9.01. The Bertz CT molecular complexity index is 812. The molecular weight excluding hydrogens is 321 g/mol. The van der Waals surface area contributed by atoms with Gasteiger partial charge >= 0.3 is 0 Å². The Morgan fingerprint density at radius 2 is 2.15 bits per heavy atom. The fourth-order valence-electron chi connectivity index (χ4n) is 1.90. The monoisotopic (exact) mass is 329 g/mol. The molecule has 0 saturated carbocycles. The van der Waals surface area contributed by atoms with E-state index in [0.717, 1.165) is 5.69 Å². The first-order valence-corrected chi connectivity index (χ1v) is 7.90. The Balaban J connectivity index is 2.01. The lowest BCUT2D eigenvalue weighted by molar-refractivity contribution is 0.649. The van der Waals surface area contributed by atoms with Crippen LogP contribution in [0.3, 0.4) is 0 Å². The molecule has 0 N–H and O–H groups in total. The molecular formula is C11H9Cl2N5OS. The van der Waals surface area contributed by atoms with Crippen LogP contribution >= 0.6 is 23.2 Å². The van der Waals surface area contributed by atoms with Crippen LogP contribution in [0.2, 0.25) is 10.0 Å². The Labute approximate surface area is 126 Å². The molecule has 0 aliphatic heterocycles. The van der Waals surface area contributed by atoms with Gasteiger partial charge in [0.1, 0.15) is 6.33 Å². The van der Waals surface area contributed by atoms with Crippen LogP contribution in [-0.2, 0) is 17.3 Å². The minimum Gasteiger partial charge on any atom is -0.304 e. The van der Waals surface area contributed by atoms with Crippen molar-refractivity contribution in [3.05, 3.63) is 40.5 Å². The van der Waals surface area contributed by atoms with E-state index in [1.165, 1.54) is 6.33 Å². The molecule has 3 heterocycles. The topological polar surface area (TPSA) is 65.1 Å². The van der Waals surface area contributed by atoms with Crippen molar-refractivity contribution in [1.82, 2.24) is 24.1 Å². The molecule has 104 valence electrons. The van der Waals surface area contributed by atoms with E-state index in [4.69, 9.17) is 23.2 Å². The molecule has 6 nitrogen and oxygen atoms in total. The number of hydrogen-bond acceptors (Lipinski definition) is 4. The summed E-state index contributed by atoms with van der Waals surface area (Å²) in [6.07, 6.45) is 6.62. The van der Waals surface area contributed by atoms with Crippen LogP contribution < -0.4 is 0 Å². The largest absolute Gasteiger partial charge is 0.304 e. The summed E-state index contributed by atoms with van der Waals surface area (Å²) in [4.78, 5) is 4.43. The smallest absolute Gasteiger partial charge is 0.221 e. The third-order valence-electron chi connectivity index (χ3n) is 2.69. The Hall–Kier alpha value is -1.44. The predicted octanol–water partition coefficient (Wildman–Crippen LogP) is 2.02. The quantitative estimate of drug-likeness (QED) is 0.737. The van der Waals surface area contributed by atoms with Crippen LogP contribution in [0.15, 0.2) is 29.9 Å². The fourth-order valence-corrected chi connectivity index (χ4v) is 3.03. The SMILES string of the molecule is CS(=O)c1nncn1Cc1cn2cc(Cl)cc(Cl)c2n1. The average molecular weight is 330 g/mol. The summed E-state index contributed by atoms with van der Waals surface area (Å²) >= 11 is 12.0. The highest BCUT2D eigenvalue weighted by Crippen LogP contribution is 2.22. The van der Waals surface area contributed by atoms with Gasteiger partial charge in [-0.05, 0) is 6.07 Å².